The van der Waals surface area contributed by atoms with Crippen molar-refractivity contribution in [1.82, 2.24) is 10.6 Å². The molecule has 0 saturated heterocycles. The zero-order chi connectivity index (χ0) is 15.9. The number of urea groups is 1. The summed E-state index contributed by atoms with van der Waals surface area (Å²) in [4.78, 5) is 23.5. The average molecular weight is 325 g/mol. The maximum absolute atomic E-state index is 11.8. The first-order chi connectivity index (χ1) is 10.6. The Morgan fingerprint density at radius 1 is 1.32 bits per heavy atom. The molecule has 1 aromatic rings. The van der Waals surface area contributed by atoms with Crippen molar-refractivity contribution >= 4 is 23.5 Å². The number of hydrogen-bond donors (Lipinski definition) is 3. The van der Waals surface area contributed by atoms with Gasteiger partial charge in [-0.1, -0.05) is 42.6 Å². The van der Waals surface area contributed by atoms with Gasteiger partial charge in [0.1, 0.15) is 6.04 Å². The molecule has 0 aliphatic heterocycles. The molecule has 0 unspecified atom stereocenters. The zero-order valence-corrected chi connectivity index (χ0v) is 13.5. The molecule has 4 N–H and O–H groups in total. The Bertz CT molecular complexity index is 530. The summed E-state index contributed by atoms with van der Waals surface area (Å²) in [6.07, 6.45) is 4.28. The number of benzene rings is 1. The lowest BCUT2D eigenvalue weighted by atomic mass is 10.1. The Balaban J connectivity index is 1.73. The summed E-state index contributed by atoms with van der Waals surface area (Å²) in [7, 11) is 0. The zero-order valence-electron chi connectivity index (χ0n) is 12.8. The standard InChI is InChI=1S/C16H22ClN3O2/c1-11(13-8-4-5-9-14(13)17)18-10-15(21)20-16(22)19-12-6-2-3-7-12/h4-5,8-9,11-12,18H,2-3,6-7,10H2,1H3,(H2,19,20,21,22)/p+1/t11-/m0/s1. The molecule has 0 radical (unpaired) electrons. The van der Waals surface area contributed by atoms with Crippen molar-refractivity contribution in [2.24, 2.45) is 0 Å². The minimum atomic E-state index is -0.393. The third kappa shape index (κ3) is 5.00. The maximum atomic E-state index is 11.8. The van der Waals surface area contributed by atoms with Crippen LogP contribution in [0.2, 0.25) is 5.02 Å². The first-order valence-electron chi connectivity index (χ1n) is 7.74. The third-order valence-electron chi connectivity index (χ3n) is 4.00. The van der Waals surface area contributed by atoms with E-state index in [-0.39, 0.29) is 24.5 Å². The minimum absolute atomic E-state index is 0.0531. The highest BCUT2D eigenvalue weighted by Crippen LogP contribution is 2.19. The van der Waals surface area contributed by atoms with Crippen LogP contribution in [0.4, 0.5) is 4.79 Å². The molecule has 120 valence electrons. The van der Waals surface area contributed by atoms with Gasteiger partial charge in [0.05, 0.1) is 0 Å². The summed E-state index contributed by atoms with van der Waals surface area (Å²) >= 11 is 6.13. The molecule has 6 heteroatoms. The number of rotatable bonds is 5. The highest BCUT2D eigenvalue weighted by atomic mass is 35.5. The van der Waals surface area contributed by atoms with Crippen LogP contribution in [-0.4, -0.2) is 24.5 Å². The molecular formula is C16H23ClN3O2+. The summed E-state index contributed by atoms with van der Waals surface area (Å²) in [5.41, 5.74) is 0.979. The summed E-state index contributed by atoms with van der Waals surface area (Å²) in [5.74, 6) is -0.297. The lowest BCUT2D eigenvalue weighted by Gasteiger charge is -2.14. The molecule has 1 aliphatic rings. The summed E-state index contributed by atoms with van der Waals surface area (Å²) in [6, 6.07) is 7.43. The number of carbonyl (C=O) groups excluding carboxylic acids is 2. The van der Waals surface area contributed by atoms with Crippen LogP contribution in [0, 0.1) is 0 Å². The summed E-state index contributed by atoms with van der Waals surface area (Å²) in [6.45, 7) is 2.16. The number of carbonyl (C=O) groups is 2. The van der Waals surface area contributed by atoms with Crippen LogP contribution in [0.3, 0.4) is 0 Å². The fraction of sp³-hybridized carbons (Fsp3) is 0.500. The van der Waals surface area contributed by atoms with Crippen molar-refractivity contribution in [2.75, 3.05) is 6.54 Å². The molecular weight excluding hydrogens is 302 g/mol. The first kappa shape index (κ1) is 16.8. The molecule has 1 fully saturated rings. The maximum Gasteiger partial charge on any atom is 0.321 e. The van der Waals surface area contributed by atoms with E-state index in [2.05, 4.69) is 10.6 Å². The van der Waals surface area contributed by atoms with Gasteiger partial charge in [-0.25, -0.2) is 4.79 Å². The fourth-order valence-corrected chi connectivity index (χ4v) is 3.03. The Morgan fingerprint density at radius 3 is 2.68 bits per heavy atom. The van der Waals surface area contributed by atoms with Crippen LogP contribution in [0.5, 0.6) is 0 Å². The number of quaternary nitrogens is 1. The van der Waals surface area contributed by atoms with E-state index in [0.717, 1.165) is 31.2 Å². The number of nitrogens with one attached hydrogen (secondary N) is 2. The Labute approximate surface area is 135 Å². The van der Waals surface area contributed by atoms with Gasteiger partial charge in [0.25, 0.3) is 5.91 Å². The monoisotopic (exact) mass is 324 g/mol. The third-order valence-corrected chi connectivity index (χ3v) is 4.34. The predicted molar refractivity (Wildman–Crippen MR) is 85.6 cm³/mol. The second kappa shape index (κ2) is 8.15. The number of halogens is 1. The van der Waals surface area contributed by atoms with Gasteiger partial charge >= 0.3 is 6.03 Å². The van der Waals surface area contributed by atoms with Crippen molar-refractivity contribution in [3.8, 4) is 0 Å². The van der Waals surface area contributed by atoms with Crippen LogP contribution in [-0.2, 0) is 4.79 Å². The Hall–Kier alpha value is -1.59. The molecule has 0 spiro atoms. The van der Waals surface area contributed by atoms with Gasteiger partial charge in [-0.05, 0) is 25.8 Å². The predicted octanol–water partition coefficient (Wildman–Crippen LogP) is 1.73. The number of nitrogens with two attached hydrogens (primary N) is 1. The highest BCUT2D eigenvalue weighted by Gasteiger charge is 2.19. The molecule has 1 saturated carbocycles. The van der Waals surface area contributed by atoms with E-state index in [1.54, 1.807) is 0 Å². The average Bonchev–Trinajstić information content (AvgIpc) is 2.98. The number of hydrogen-bond acceptors (Lipinski definition) is 2. The molecule has 0 bridgehead atoms. The molecule has 1 aromatic carbocycles. The van der Waals surface area contributed by atoms with Gasteiger partial charge in [-0.3, -0.25) is 10.1 Å². The number of imide groups is 1. The van der Waals surface area contributed by atoms with Crippen LogP contribution in [0.1, 0.15) is 44.2 Å². The van der Waals surface area contributed by atoms with Gasteiger partial charge in [-0.15, -0.1) is 0 Å². The van der Waals surface area contributed by atoms with Gasteiger partial charge in [-0.2, -0.15) is 0 Å². The normalized spacial score (nSPS) is 16.3. The SMILES string of the molecule is C[C@H]([NH2+]CC(=O)NC(=O)NC1CCCC1)c1ccccc1Cl. The Kier molecular flexibility index (Phi) is 6.21. The topological polar surface area (TPSA) is 74.8 Å². The van der Waals surface area contributed by atoms with Crippen LogP contribution in [0.25, 0.3) is 0 Å². The van der Waals surface area contributed by atoms with E-state index in [1.165, 1.54) is 0 Å². The van der Waals surface area contributed by atoms with E-state index in [4.69, 9.17) is 11.6 Å². The number of amides is 3. The largest absolute Gasteiger partial charge is 0.335 e. The van der Waals surface area contributed by atoms with Crippen molar-refractivity contribution in [3.05, 3.63) is 34.9 Å². The molecule has 22 heavy (non-hydrogen) atoms. The fourth-order valence-electron chi connectivity index (χ4n) is 2.72. The van der Waals surface area contributed by atoms with E-state index < -0.39 is 6.03 Å². The summed E-state index contributed by atoms with van der Waals surface area (Å²) in [5, 5.41) is 7.75. The van der Waals surface area contributed by atoms with E-state index in [0.29, 0.717) is 5.02 Å². The van der Waals surface area contributed by atoms with Gasteiger partial charge in [0.15, 0.2) is 6.54 Å². The second-order valence-corrected chi connectivity index (χ2v) is 6.16. The van der Waals surface area contributed by atoms with Crippen molar-refractivity contribution in [3.63, 3.8) is 0 Å². The second-order valence-electron chi connectivity index (χ2n) is 5.75. The van der Waals surface area contributed by atoms with Gasteiger partial charge in [0, 0.05) is 16.6 Å². The molecule has 2 rings (SSSR count). The lowest BCUT2D eigenvalue weighted by molar-refractivity contribution is -0.682. The van der Waals surface area contributed by atoms with E-state index >= 15 is 0 Å². The smallest absolute Gasteiger partial charge is 0.321 e. The molecule has 5 nitrogen and oxygen atoms in total. The highest BCUT2D eigenvalue weighted by molar-refractivity contribution is 6.31. The van der Waals surface area contributed by atoms with Gasteiger partial charge in [0.2, 0.25) is 0 Å². The molecule has 1 aliphatic carbocycles. The van der Waals surface area contributed by atoms with Crippen molar-refractivity contribution < 1.29 is 14.9 Å². The van der Waals surface area contributed by atoms with E-state index in [9.17, 15) is 9.59 Å². The van der Waals surface area contributed by atoms with E-state index in [1.807, 2.05) is 36.5 Å². The lowest BCUT2D eigenvalue weighted by Crippen LogP contribution is -2.87. The van der Waals surface area contributed by atoms with Crippen LogP contribution < -0.4 is 16.0 Å². The molecule has 1 atom stereocenters. The molecule has 0 heterocycles. The van der Waals surface area contributed by atoms with Gasteiger partial charge < -0.3 is 10.6 Å². The molecule has 0 aromatic heterocycles. The van der Waals surface area contributed by atoms with Crippen LogP contribution >= 0.6 is 11.6 Å². The van der Waals surface area contributed by atoms with Crippen LogP contribution in [0.15, 0.2) is 24.3 Å². The summed E-state index contributed by atoms with van der Waals surface area (Å²) < 4.78 is 0. The van der Waals surface area contributed by atoms with Crippen molar-refractivity contribution in [1.29, 1.82) is 0 Å². The van der Waals surface area contributed by atoms with Crippen molar-refractivity contribution in [2.45, 2.75) is 44.7 Å². The Morgan fingerprint density at radius 2 is 2.00 bits per heavy atom. The minimum Gasteiger partial charge on any atom is -0.335 e. The quantitative estimate of drug-likeness (QED) is 0.771. The molecule has 3 amide bonds. The first-order valence-corrected chi connectivity index (χ1v) is 8.12.